The molecule has 0 aliphatic carbocycles. The smallest absolute Gasteiger partial charge is 0.133 e. The van der Waals surface area contributed by atoms with E-state index in [1.54, 1.807) is 6.07 Å². The van der Waals surface area contributed by atoms with Crippen LogP contribution >= 0.6 is 22.6 Å². The number of aromatic nitrogens is 3. The largest absolute Gasteiger partial charge is 0.348 e. The summed E-state index contributed by atoms with van der Waals surface area (Å²) in [5.74, 6) is -0.240. The van der Waals surface area contributed by atoms with Gasteiger partial charge in [-0.15, -0.1) is 0 Å². The molecule has 0 aromatic heterocycles. The summed E-state index contributed by atoms with van der Waals surface area (Å²) in [6, 6.07) is 5.20. The first-order valence-electron chi connectivity index (χ1n) is 5.80. The molecule has 0 N–H and O–H groups in total. The Labute approximate surface area is 124 Å². The Bertz CT molecular complexity index is 736. The normalized spacial score (nSPS) is 11.2. The van der Waals surface area contributed by atoms with E-state index in [-0.39, 0.29) is 5.82 Å². The maximum absolute atomic E-state index is 14.2. The first-order chi connectivity index (χ1) is 9.08. The monoisotopic (exact) mass is 367 g/mol. The first kappa shape index (κ1) is 12.5. The van der Waals surface area contributed by atoms with E-state index in [0.717, 1.165) is 26.2 Å². The summed E-state index contributed by atoms with van der Waals surface area (Å²) in [4.78, 5) is 8.52. The fraction of sp³-hybridized carbons (Fsp3) is 0.143. The van der Waals surface area contributed by atoms with Crippen molar-refractivity contribution in [3.63, 3.8) is 0 Å². The summed E-state index contributed by atoms with van der Waals surface area (Å²) >= 11 is 2.10. The minimum atomic E-state index is -0.240. The van der Waals surface area contributed by atoms with Gasteiger partial charge in [-0.1, -0.05) is 0 Å². The lowest BCUT2D eigenvalue weighted by Gasteiger charge is -2.15. The molecule has 0 fully saturated rings. The van der Waals surface area contributed by atoms with E-state index < -0.39 is 0 Å². The molecule has 0 bridgehead atoms. The standard InChI is InChI=1S/C14H11FIN3/c1-8-6-19(2)14(13-12(8)17-7-18-13)10-4-3-9(16)5-11(10)15/h3-7H,1-2H3. The molecule has 0 atom stereocenters. The van der Waals surface area contributed by atoms with Gasteiger partial charge in [0.1, 0.15) is 17.8 Å². The quantitative estimate of drug-likeness (QED) is 0.615. The molecule has 1 aromatic carbocycles. The van der Waals surface area contributed by atoms with E-state index in [4.69, 9.17) is 0 Å². The third-order valence-electron chi connectivity index (χ3n) is 3.12. The van der Waals surface area contributed by atoms with Crippen molar-refractivity contribution in [3.8, 4) is 22.6 Å². The average molecular weight is 367 g/mol. The maximum Gasteiger partial charge on any atom is 0.133 e. The van der Waals surface area contributed by atoms with Crippen molar-refractivity contribution in [3.05, 3.63) is 45.7 Å². The highest BCUT2D eigenvalue weighted by atomic mass is 127. The number of imidazole rings is 1. The van der Waals surface area contributed by atoms with E-state index in [0.29, 0.717) is 5.56 Å². The number of halogens is 2. The third-order valence-corrected chi connectivity index (χ3v) is 3.79. The van der Waals surface area contributed by atoms with Gasteiger partial charge in [-0.3, -0.25) is 0 Å². The number of rotatable bonds is 1. The summed E-state index contributed by atoms with van der Waals surface area (Å²) in [5.41, 5.74) is 3.90. The SMILES string of the molecule is Cc1cn(C)c(-c2ccc(I)cc2F)c2ncnc1-2. The fourth-order valence-electron chi connectivity index (χ4n) is 2.31. The molecular formula is C14H11FIN3. The summed E-state index contributed by atoms with van der Waals surface area (Å²) in [6.07, 6.45) is 3.47. The van der Waals surface area contributed by atoms with Crippen molar-refractivity contribution in [2.24, 2.45) is 7.05 Å². The minimum absolute atomic E-state index is 0.240. The van der Waals surface area contributed by atoms with Crippen LogP contribution in [0.5, 0.6) is 0 Å². The molecule has 3 rings (SSSR count). The third kappa shape index (κ3) is 2.01. The van der Waals surface area contributed by atoms with Crippen LogP contribution in [0, 0.1) is 16.3 Å². The van der Waals surface area contributed by atoms with Gasteiger partial charge in [-0.2, -0.15) is 0 Å². The molecule has 2 heterocycles. The molecule has 1 aromatic rings. The molecule has 3 nitrogen and oxygen atoms in total. The van der Waals surface area contributed by atoms with Crippen LogP contribution in [0.4, 0.5) is 4.39 Å². The van der Waals surface area contributed by atoms with Crippen LogP contribution in [-0.2, 0) is 7.05 Å². The number of hydrogen-bond donors (Lipinski definition) is 0. The lowest BCUT2D eigenvalue weighted by Crippen LogP contribution is -2.04. The van der Waals surface area contributed by atoms with Crippen molar-refractivity contribution in [1.82, 2.24) is 14.5 Å². The van der Waals surface area contributed by atoms with Crippen molar-refractivity contribution < 1.29 is 4.39 Å². The Morgan fingerprint density at radius 2 is 1.95 bits per heavy atom. The van der Waals surface area contributed by atoms with Gasteiger partial charge in [0, 0.05) is 22.4 Å². The van der Waals surface area contributed by atoms with Gasteiger partial charge in [0.2, 0.25) is 0 Å². The van der Waals surface area contributed by atoms with Crippen LogP contribution in [0.15, 0.2) is 30.7 Å². The van der Waals surface area contributed by atoms with Crippen LogP contribution < -0.4 is 0 Å². The molecule has 2 aliphatic rings. The highest BCUT2D eigenvalue weighted by Crippen LogP contribution is 2.34. The number of fused-ring (bicyclic) bond motifs is 1. The van der Waals surface area contributed by atoms with E-state index in [2.05, 4.69) is 32.6 Å². The predicted octanol–water partition coefficient (Wildman–Crippen LogP) is 3.64. The zero-order valence-corrected chi connectivity index (χ0v) is 12.6. The maximum atomic E-state index is 14.2. The van der Waals surface area contributed by atoms with Gasteiger partial charge in [0.15, 0.2) is 0 Å². The highest BCUT2D eigenvalue weighted by Gasteiger charge is 2.20. The van der Waals surface area contributed by atoms with Crippen LogP contribution in [0.25, 0.3) is 22.6 Å². The summed E-state index contributed by atoms with van der Waals surface area (Å²) in [7, 11) is 1.90. The van der Waals surface area contributed by atoms with Gasteiger partial charge in [-0.25, -0.2) is 14.4 Å². The predicted molar refractivity (Wildman–Crippen MR) is 80.5 cm³/mol. The second kappa shape index (κ2) is 4.56. The number of hydrogen-bond acceptors (Lipinski definition) is 2. The van der Waals surface area contributed by atoms with E-state index in [1.165, 1.54) is 12.4 Å². The lowest BCUT2D eigenvalue weighted by molar-refractivity contribution is 0.628. The first-order valence-corrected chi connectivity index (χ1v) is 6.88. The number of nitrogens with zero attached hydrogens (tertiary/aromatic N) is 3. The van der Waals surface area contributed by atoms with Gasteiger partial charge in [0.25, 0.3) is 0 Å². The van der Waals surface area contributed by atoms with E-state index in [1.807, 2.05) is 30.8 Å². The summed E-state index contributed by atoms with van der Waals surface area (Å²) in [6.45, 7) is 1.98. The van der Waals surface area contributed by atoms with Gasteiger partial charge >= 0.3 is 0 Å². The minimum Gasteiger partial charge on any atom is -0.348 e. The molecule has 0 saturated heterocycles. The topological polar surface area (TPSA) is 30.7 Å². The number of aryl methyl sites for hydroxylation is 2. The molecule has 19 heavy (non-hydrogen) atoms. The molecule has 0 saturated carbocycles. The molecule has 5 heteroatoms. The molecular weight excluding hydrogens is 356 g/mol. The zero-order chi connectivity index (χ0) is 13.6. The molecule has 2 aliphatic heterocycles. The van der Waals surface area contributed by atoms with E-state index >= 15 is 0 Å². The summed E-state index contributed by atoms with van der Waals surface area (Å²) in [5, 5.41) is 0. The van der Waals surface area contributed by atoms with Crippen molar-refractivity contribution in [1.29, 1.82) is 0 Å². The molecule has 0 spiro atoms. The average Bonchev–Trinajstić information content (AvgIpc) is 2.81. The highest BCUT2D eigenvalue weighted by molar-refractivity contribution is 14.1. The second-order valence-electron chi connectivity index (χ2n) is 4.47. The van der Waals surface area contributed by atoms with Crippen LogP contribution in [-0.4, -0.2) is 14.5 Å². The van der Waals surface area contributed by atoms with E-state index in [9.17, 15) is 4.39 Å². The Hall–Kier alpha value is -1.50. The molecule has 0 amide bonds. The van der Waals surface area contributed by atoms with Crippen molar-refractivity contribution >= 4 is 22.6 Å². The van der Waals surface area contributed by atoms with Crippen LogP contribution in [0.1, 0.15) is 5.56 Å². The van der Waals surface area contributed by atoms with Crippen molar-refractivity contribution in [2.75, 3.05) is 0 Å². The van der Waals surface area contributed by atoms with Gasteiger partial charge < -0.3 is 4.57 Å². The lowest BCUT2D eigenvalue weighted by atomic mass is 10.0. The molecule has 96 valence electrons. The Balaban J connectivity index is 2.34. The second-order valence-corrected chi connectivity index (χ2v) is 5.71. The van der Waals surface area contributed by atoms with Crippen molar-refractivity contribution in [2.45, 2.75) is 6.92 Å². The molecule has 0 radical (unpaired) electrons. The Morgan fingerprint density at radius 3 is 2.68 bits per heavy atom. The Kier molecular flexibility index (Phi) is 3.00. The van der Waals surface area contributed by atoms with Crippen LogP contribution in [0.3, 0.4) is 0 Å². The van der Waals surface area contributed by atoms with Gasteiger partial charge in [-0.05, 0) is 53.3 Å². The number of pyridine rings is 1. The van der Waals surface area contributed by atoms with Crippen LogP contribution in [0.2, 0.25) is 0 Å². The fourth-order valence-corrected chi connectivity index (χ4v) is 2.76. The Morgan fingerprint density at radius 1 is 1.21 bits per heavy atom. The summed E-state index contributed by atoms with van der Waals surface area (Å²) < 4.78 is 17.0. The van der Waals surface area contributed by atoms with Gasteiger partial charge in [0.05, 0.1) is 11.4 Å². The number of benzene rings is 1. The molecule has 0 unspecified atom stereocenters. The zero-order valence-electron chi connectivity index (χ0n) is 10.5.